The van der Waals surface area contributed by atoms with Crippen molar-refractivity contribution in [2.75, 3.05) is 12.4 Å². The number of anilines is 1. The van der Waals surface area contributed by atoms with E-state index in [0.29, 0.717) is 0 Å². The van der Waals surface area contributed by atoms with Crippen LogP contribution in [0.1, 0.15) is 17.1 Å². The Labute approximate surface area is 95.3 Å². The molecule has 4 heteroatoms. The molecule has 0 radical (unpaired) electrons. The Kier molecular flexibility index (Phi) is 2.90. The molecule has 0 atom stereocenters. The van der Waals surface area contributed by atoms with E-state index in [1.807, 2.05) is 36.9 Å². The fraction of sp³-hybridized carbons (Fsp3) is 0.333. The zero-order valence-corrected chi connectivity index (χ0v) is 9.86. The fourth-order valence-electron chi connectivity index (χ4n) is 1.70. The second kappa shape index (κ2) is 4.35. The van der Waals surface area contributed by atoms with Gasteiger partial charge in [-0.25, -0.2) is 4.98 Å². The van der Waals surface area contributed by atoms with Gasteiger partial charge in [0.05, 0.1) is 17.9 Å². The van der Waals surface area contributed by atoms with Crippen LogP contribution in [-0.4, -0.2) is 21.8 Å². The number of rotatable bonds is 3. The first kappa shape index (κ1) is 10.7. The van der Waals surface area contributed by atoms with Crippen molar-refractivity contribution in [1.29, 1.82) is 0 Å². The fourth-order valence-corrected chi connectivity index (χ4v) is 1.70. The number of nitrogens with zero attached hydrogens (tertiary/aromatic N) is 3. The Balaban J connectivity index is 2.23. The zero-order chi connectivity index (χ0) is 11.5. The second-order valence-corrected chi connectivity index (χ2v) is 3.85. The van der Waals surface area contributed by atoms with Gasteiger partial charge in [-0.15, -0.1) is 0 Å². The monoisotopic (exact) mass is 216 g/mol. The summed E-state index contributed by atoms with van der Waals surface area (Å²) in [6.07, 6.45) is 0. The van der Waals surface area contributed by atoms with Gasteiger partial charge in [0.15, 0.2) is 0 Å². The molecule has 0 unspecified atom stereocenters. The molecule has 0 aromatic carbocycles. The van der Waals surface area contributed by atoms with Gasteiger partial charge in [0.2, 0.25) is 0 Å². The van der Waals surface area contributed by atoms with Crippen LogP contribution in [0.15, 0.2) is 24.3 Å². The van der Waals surface area contributed by atoms with Crippen molar-refractivity contribution in [3.05, 3.63) is 41.3 Å². The first-order valence-corrected chi connectivity index (χ1v) is 5.34. The predicted molar refractivity (Wildman–Crippen MR) is 64.6 cm³/mol. The molecular formula is C12H16N4. The lowest BCUT2D eigenvalue weighted by Crippen LogP contribution is -2.06. The van der Waals surface area contributed by atoms with Crippen LogP contribution in [0, 0.1) is 13.8 Å². The molecule has 0 fully saturated rings. The van der Waals surface area contributed by atoms with Crippen LogP contribution in [0.3, 0.4) is 0 Å². The molecule has 2 aromatic heterocycles. The van der Waals surface area contributed by atoms with Crippen LogP contribution >= 0.6 is 0 Å². The number of hydrogen-bond acceptors (Lipinski definition) is 3. The molecule has 0 spiro atoms. The number of pyridine rings is 1. The van der Waals surface area contributed by atoms with Gasteiger partial charge in [-0.2, -0.15) is 5.10 Å². The van der Waals surface area contributed by atoms with Gasteiger partial charge >= 0.3 is 0 Å². The Morgan fingerprint density at radius 1 is 1.31 bits per heavy atom. The molecule has 2 heterocycles. The summed E-state index contributed by atoms with van der Waals surface area (Å²) in [7, 11) is 1.87. The molecule has 0 amide bonds. The van der Waals surface area contributed by atoms with Crippen molar-refractivity contribution in [3.63, 3.8) is 0 Å². The molecule has 0 saturated heterocycles. The van der Waals surface area contributed by atoms with Crippen molar-refractivity contribution in [2.24, 2.45) is 0 Å². The summed E-state index contributed by atoms with van der Waals surface area (Å²) in [6.45, 7) is 4.78. The van der Waals surface area contributed by atoms with Crippen LogP contribution in [-0.2, 0) is 6.54 Å². The lowest BCUT2D eigenvalue weighted by molar-refractivity contribution is 0.647. The zero-order valence-electron chi connectivity index (χ0n) is 9.86. The molecule has 0 saturated carbocycles. The second-order valence-electron chi connectivity index (χ2n) is 3.85. The molecule has 1 N–H and O–H groups in total. The van der Waals surface area contributed by atoms with Gasteiger partial charge in [0.1, 0.15) is 5.82 Å². The van der Waals surface area contributed by atoms with Gasteiger partial charge in [-0.05, 0) is 32.0 Å². The highest BCUT2D eigenvalue weighted by atomic mass is 15.3. The predicted octanol–water partition coefficient (Wildman–Crippen LogP) is 1.98. The standard InChI is InChI=1S/C12H16N4/c1-9-7-10(2)16(15-9)8-11-5-4-6-12(13-3)14-11/h4-7H,8H2,1-3H3,(H,13,14). The summed E-state index contributed by atoms with van der Waals surface area (Å²) in [5, 5.41) is 7.45. The number of hydrogen-bond donors (Lipinski definition) is 1. The molecule has 4 nitrogen and oxygen atoms in total. The Morgan fingerprint density at radius 3 is 2.75 bits per heavy atom. The van der Waals surface area contributed by atoms with E-state index in [2.05, 4.69) is 28.4 Å². The van der Waals surface area contributed by atoms with Crippen molar-refractivity contribution in [1.82, 2.24) is 14.8 Å². The third-order valence-corrected chi connectivity index (χ3v) is 2.48. The molecule has 0 aliphatic heterocycles. The van der Waals surface area contributed by atoms with E-state index in [1.165, 1.54) is 0 Å². The van der Waals surface area contributed by atoms with E-state index >= 15 is 0 Å². The van der Waals surface area contributed by atoms with Crippen LogP contribution in [0.25, 0.3) is 0 Å². The largest absolute Gasteiger partial charge is 0.373 e. The van der Waals surface area contributed by atoms with E-state index < -0.39 is 0 Å². The van der Waals surface area contributed by atoms with Gasteiger partial charge in [-0.1, -0.05) is 6.07 Å². The average molecular weight is 216 g/mol. The first-order valence-electron chi connectivity index (χ1n) is 5.34. The minimum atomic E-state index is 0.717. The van der Waals surface area contributed by atoms with E-state index in [1.54, 1.807) is 0 Å². The normalized spacial score (nSPS) is 10.4. The molecule has 0 aliphatic rings. The van der Waals surface area contributed by atoms with Gasteiger partial charge in [-0.3, -0.25) is 4.68 Å². The molecule has 2 rings (SSSR count). The van der Waals surface area contributed by atoms with Gasteiger partial charge in [0, 0.05) is 12.7 Å². The van der Waals surface area contributed by atoms with Crippen LogP contribution in [0.4, 0.5) is 5.82 Å². The Morgan fingerprint density at radius 2 is 2.12 bits per heavy atom. The summed E-state index contributed by atoms with van der Waals surface area (Å²) >= 11 is 0. The molecule has 84 valence electrons. The smallest absolute Gasteiger partial charge is 0.126 e. The third kappa shape index (κ3) is 2.21. The van der Waals surface area contributed by atoms with Crippen molar-refractivity contribution >= 4 is 5.82 Å². The Hall–Kier alpha value is -1.84. The third-order valence-electron chi connectivity index (χ3n) is 2.48. The topological polar surface area (TPSA) is 42.7 Å². The van der Waals surface area contributed by atoms with E-state index in [0.717, 1.165) is 29.4 Å². The van der Waals surface area contributed by atoms with Gasteiger partial charge in [0.25, 0.3) is 0 Å². The number of aryl methyl sites for hydroxylation is 2. The van der Waals surface area contributed by atoms with Crippen molar-refractivity contribution in [3.8, 4) is 0 Å². The molecule has 0 bridgehead atoms. The minimum absolute atomic E-state index is 0.717. The SMILES string of the molecule is CNc1cccc(Cn2nc(C)cc2C)n1. The summed E-state index contributed by atoms with van der Waals surface area (Å²) in [4.78, 5) is 4.46. The van der Waals surface area contributed by atoms with Crippen molar-refractivity contribution in [2.45, 2.75) is 20.4 Å². The average Bonchev–Trinajstić information content (AvgIpc) is 2.58. The maximum atomic E-state index is 4.46. The molecule has 2 aromatic rings. The highest BCUT2D eigenvalue weighted by Crippen LogP contribution is 2.08. The maximum absolute atomic E-state index is 4.46. The molecular weight excluding hydrogens is 200 g/mol. The first-order chi connectivity index (χ1) is 7.69. The number of aromatic nitrogens is 3. The quantitative estimate of drug-likeness (QED) is 0.853. The summed E-state index contributed by atoms with van der Waals surface area (Å²) in [6, 6.07) is 8.03. The van der Waals surface area contributed by atoms with Crippen LogP contribution in [0.5, 0.6) is 0 Å². The summed E-state index contributed by atoms with van der Waals surface area (Å²) in [5.74, 6) is 0.888. The maximum Gasteiger partial charge on any atom is 0.126 e. The van der Waals surface area contributed by atoms with Crippen LogP contribution < -0.4 is 5.32 Å². The number of nitrogens with one attached hydrogen (secondary N) is 1. The van der Waals surface area contributed by atoms with E-state index in [-0.39, 0.29) is 0 Å². The highest BCUT2D eigenvalue weighted by Gasteiger charge is 2.03. The minimum Gasteiger partial charge on any atom is -0.373 e. The van der Waals surface area contributed by atoms with E-state index in [9.17, 15) is 0 Å². The van der Waals surface area contributed by atoms with Gasteiger partial charge < -0.3 is 5.32 Å². The van der Waals surface area contributed by atoms with Crippen LogP contribution in [0.2, 0.25) is 0 Å². The molecule has 16 heavy (non-hydrogen) atoms. The lowest BCUT2D eigenvalue weighted by Gasteiger charge is -2.05. The van der Waals surface area contributed by atoms with Crippen molar-refractivity contribution < 1.29 is 0 Å². The molecule has 0 aliphatic carbocycles. The van der Waals surface area contributed by atoms with E-state index in [4.69, 9.17) is 0 Å². The summed E-state index contributed by atoms with van der Waals surface area (Å²) < 4.78 is 1.97. The Bertz CT molecular complexity index is 488. The highest BCUT2D eigenvalue weighted by molar-refractivity contribution is 5.34. The lowest BCUT2D eigenvalue weighted by atomic mass is 10.3. The summed E-state index contributed by atoms with van der Waals surface area (Å²) in [5.41, 5.74) is 3.22.